The Morgan fingerprint density at radius 3 is 2.12 bits per heavy atom. The van der Waals surface area contributed by atoms with Crippen molar-refractivity contribution in [3.05, 3.63) is 33.5 Å². The van der Waals surface area contributed by atoms with Gasteiger partial charge in [0.2, 0.25) is 0 Å². The van der Waals surface area contributed by atoms with Crippen molar-refractivity contribution >= 4 is 21.7 Å². The average Bonchev–Trinajstić information content (AvgIpc) is 3.02. The molecule has 0 bridgehead atoms. The monoisotopic (exact) mass is 373 g/mol. The summed E-state index contributed by atoms with van der Waals surface area (Å²) in [5.74, 6) is 0. The summed E-state index contributed by atoms with van der Waals surface area (Å²) in [7, 11) is -3.80. The first-order valence-electron chi connectivity index (χ1n) is 8.14. The molecular formula is C16H20KN3O3S. The van der Waals surface area contributed by atoms with Gasteiger partial charge in [-0.25, -0.2) is 13.2 Å². The van der Waals surface area contributed by atoms with Crippen LogP contribution in [0.3, 0.4) is 0 Å². The van der Waals surface area contributed by atoms with Crippen molar-refractivity contribution in [1.82, 2.24) is 4.90 Å². The van der Waals surface area contributed by atoms with Crippen LogP contribution in [0, 0.1) is 0 Å². The van der Waals surface area contributed by atoms with Crippen molar-refractivity contribution in [2.24, 2.45) is 0 Å². The number of nitrogens with one attached hydrogen (secondary N) is 2. The fourth-order valence-electron chi connectivity index (χ4n) is 3.95. The van der Waals surface area contributed by atoms with Gasteiger partial charge in [0, 0.05) is 18.8 Å². The number of rotatable bonds is 2. The average molecular weight is 374 g/mol. The maximum Gasteiger partial charge on any atom is 1.00 e. The number of hydrogen-bond donors (Lipinski definition) is 1. The molecule has 2 aliphatic carbocycles. The van der Waals surface area contributed by atoms with E-state index in [4.69, 9.17) is 5.14 Å². The molecule has 1 aromatic rings. The molecule has 1 aliphatic heterocycles. The number of urea groups is 1. The summed E-state index contributed by atoms with van der Waals surface area (Å²) in [4.78, 5) is 13.9. The third-order valence-corrected chi connectivity index (χ3v) is 6.45. The first-order chi connectivity index (χ1) is 10.9. The van der Waals surface area contributed by atoms with Gasteiger partial charge in [-0.05, 0) is 60.8 Å². The van der Waals surface area contributed by atoms with Gasteiger partial charge < -0.3 is 15.4 Å². The molecule has 1 heterocycles. The van der Waals surface area contributed by atoms with Gasteiger partial charge in [0.25, 0.3) is 0 Å². The van der Waals surface area contributed by atoms with E-state index in [-0.39, 0.29) is 70.5 Å². The number of carbonyl (C=O) groups is 1. The molecule has 6 nitrogen and oxygen atoms in total. The number of carbonyl (C=O) groups excluding carboxylic acids is 1. The van der Waals surface area contributed by atoms with E-state index in [0.717, 1.165) is 44.2 Å². The molecule has 3 aliphatic rings. The summed E-state index contributed by atoms with van der Waals surface area (Å²) in [5, 5.41) is 9.37. The van der Waals surface area contributed by atoms with Crippen molar-refractivity contribution in [2.75, 3.05) is 18.4 Å². The molecule has 8 heteroatoms. The molecule has 2 amide bonds. The second-order valence-corrected chi connectivity index (χ2v) is 8.49. The van der Waals surface area contributed by atoms with E-state index in [1.165, 1.54) is 27.2 Å². The van der Waals surface area contributed by atoms with Crippen LogP contribution in [-0.2, 0) is 35.7 Å². The molecule has 1 aromatic carbocycles. The molecule has 0 radical (unpaired) electrons. The van der Waals surface area contributed by atoms with E-state index in [2.05, 4.69) is 11.4 Å². The molecule has 24 heavy (non-hydrogen) atoms. The van der Waals surface area contributed by atoms with Crippen LogP contribution in [0.5, 0.6) is 0 Å². The standard InChI is InChI=1S/C16H21N3O3S.K/c17-23(21,22)12-8-19(9-12)16(20)18-15-13-5-1-3-10(13)7-11-4-2-6-14(11)15;/h7,12H,1-6,8-9H2,(H3,17,18,20,21,22);/q;+1/p-1. The van der Waals surface area contributed by atoms with E-state index in [9.17, 15) is 13.2 Å². The number of sulfonamides is 1. The summed E-state index contributed by atoms with van der Waals surface area (Å²) < 4.78 is 22.3. The number of nitrogens with zero attached hydrogens (tertiary/aromatic N) is 1. The van der Waals surface area contributed by atoms with Crippen molar-refractivity contribution in [1.29, 1.82) is 0 Å². The van der Waals surface area contributed by atoms with Crippen LogP contribution in [0.4, 0.5) is 10.5 Å². The maximum atomic E-state index is 12.4. The predicted octanol–water partition coefficient (Wildman–Crippen LogP) is -0.734. The number of aryl methyl sites for hydroxylation is 2. The van der Waals surface area contributed by atoms with E-state index in [1.54, 1.807) is 0 Å². The van der Waals surface area contributed by atoms with Gasteiger partial charge in [-0.3, -0.25) is 0 Å². The number of amides is 2. The number of benzene rings is 1. The molecule has 0 aromatic heterocycles. The Bertz CT molecular complexity index is 756. The third-order valence-electron chi connectivity index (χ3n) is 5.28. The molecule has 0 unspecified atom stereocenters. The van der Waals surface area contributed by atoms with Gasteiger partial charge in [-0.1, -0.05) is 6.07 Å². The van der Waals surface area contributed by atoms with E-state index in [1.807, 2.05) is 0 Å². The van der Waals surface area contributed by atoms with E-state index >= 15 is 0 Å². The number of hydrogen-bond acceptors (Lipinski definition) is 3. The molecule has 124 valence electrons. The fourth-order valence-corrected chi connectivity index (χ4v) is 4.71. The minimum atomic E-state index is -3.80. The Morgan fingerprint density at radius 1 is 1.08 bits per heavy atom. The summed E-state index contributed by atoms with van der Waals surface area (Å²) in [5.41, 5.74) is 6.23. The van der Waals surface area contributed by atoms with Crippen LogP contribution in [0.2, 0.25) is 0 Å². The third kappa shape index (κ3) is 3.34. The summed E-state index contributed by atoms with van der Waals surface area (Å²) >= 11 is 0. The van der Waals surface area contributed by atoms with Crippen LogP contribution in [0.25, 0.3) is 5.14 Å². The van der Waals surface area contributed by atoms with Gasteiger partial charge >= 0.3 is 57.4 Å². The van der Waals surface area contributed by atoms with Gasteiger partial charge in [0.15, 0.2) is 0 Å². The predicted molar refractivity (Wildman–Crippen MR) is 88.1 cm³/mol. The zero-order valence-corrected chi connectivity index (χ0v) is 17.8. The van der Waals surface area contributed by atoms with Crippen molar-refractivity contribution < 1.29 is 64.6 Å². The summed E-state index contributed by atoms with van der Waals surface area (Å²) in [6.07, 6.45) is 6.42. The maximum absolute atomic E-state index is 12.4. The molecule has 0 spiro atoms. The molecule has 0 saturated carbocycles. The van der Waals surface area contributed by atoms with Crippen molar-refractivity contribution in [3.63, 3.8) is 0 Å². The largest absolute Gasteiger partial charge is 1.00 e. The summed E-state index contributed by atoms with van der Waals surface area (Å²) in [6.45, 7) is 0.240. The van der Waals surface area contributed by atoms with Crippen molar-refractivity contribution in [3.8, 4) is 0 Å². The number of anilines is 1. The Kier molecular flexibility index (Phi) is 5.47. The number of likely N-dealkylation sites (tertiary alicyclic amines) is 1. The second-order valence-electron chi connectivity index (χ2n) is 6.74. The van der Waals surface area contributed by atoms with Crippen LogP contribution < -0.4 is 56.7 Å². The fraction of sp³-hybridized carbons (Fsp3) is 0.562. The smallest absolute Gasteiger partial charge is 0.564 e. The van der Waals surface area contributed by atoms with Gasteiger partial charge in [-0.2, -0.15) is 0 Å². The number of fused-ring (bicyclic) bond motifs is 2. The van der Waals surface area contributed by atoms with Crippen molar-refractivity contribution in [2.45, 2.75) is 43.8 Å². The van der Waals surface area contributed by atoms with Crippen LogP contribution >= 0.6 is 0 Å². The minimum absolute atomic E-state index is 0. The first-order valence-corrected chi connectivity index (χ1v) is 9.69. The molecule has 0 atom stereocenters. The van der Waals surface area contributed by atoms with Gasteiger partial charge in [0.1, 0.15) is 0 Å². The van der Waals surface area contributed by atoms with E-state index in [0.29, 0.717) is 0 Å². The molecule has 2 N–H and O–H groups in total. The minimum Gasteiger partial charge on any atom is -0.564 e. The molecule has 4 rings (SSSR count). The Hall–Kier alpha value is 0.0364. The Balaban J connectivity index is 0.00000169. The molecule has 1 fully saturated rings. The topological polar surface area (TPSA) is 90.3 Å². The SMILES string of the molecule is [K+].[NH-]S(=O)(=O)C1CN(C(=O)Nc2c3c(cc4c2CCC4)CCC3)C1. The zero-order chi connectivity index (χ0) is 16.2. The van der Waals surface area contributed by atoms with Crippen LogP contribution in [-0.4, -0.2) is 37.7 Å². The van der Waals surface area contributed by atoms with E-state index < -0.39 is 15.3 Å². The zero-order valence-electron chi connectivity index (χ0n) is 13.9. The van der Waals surface area contributed by atoms with Crippen LogP contribution in [0.1, 0.15) is 35.1 Å². The first kappa shape index (κ1) is 18.8. The van der Waals surface area contributed by atoms with Crippen LogP contribution in [0.15, 0.2) is 6.07 Å². The molecular weight excluding hydrogens is 353 g/mol. The second kappa shape index (κ2) is 6.98. The normalized spacial score (nSPS) is 19.3. The Morgan fingerprint density at radius 2 is 1.62 bits per heavy atom. The molecule has 1 saturated heterocycles. The Labute approximate surface area is 185 Å². The summed E-state index contributed by atoms with van der Waals surface area (Å²) in [6, 6.07) is 2.08. The van der Waals surface area contributed by atoms with Gasteiger partial charge in [-0.15, -0.1) is 0 Å². The quantitative estimate of drug-likeness (QED) is 0.693. The van der Waals surface area contributed by atoms with Gasteiger partial charge in [0.05, 0.1) is 15.3 Å².